The SMILES string of the molecule is COc1ccc([C@H](O)CC(=O)O)c([N+](=O)[O-])c1. The largest absolute Gasteiger partial charge is 0.497 e. The van der Waals surface area contributed by atoms with Gasteiger partial charge in [-0.1, -0.05) is 0 Å². The first-order chi connectivity index (χ1) is 7.95. The number of hydrogen-bond acceptors (Lipinski definition) is 5. The number of carboxylic acids is 1. The summed E-state index contributed by atoms with van der Waals surface area (Å²) in [6, 6.07) is 3.85. The number of nitrogens with zero attached hydrogens (tertiary/aromatic N) is 1. The molecule has 0 aliphatic heterocycles. The number of rotatable bonds is 5. The van der Waals surface area contributed by atoms with Crippen LogP contribution in [0.5, 0.6) is 5.75 Å². The maximum atomic E-state index is 10.8. The lowest BCUT2D eigenvalue weighted by molar-refractivity contribution is -0.386. The molecule has 0 aliphatic carbocycles. The fraction of sp³-hybridized carbons (Fsp3) is 0.300. The third-order valence-electron chi connectivity index (χ3n) is 2.16. The summed E-state index contributed by atoms with van der Waals surface area (Å²) in [5.41, 5.74) is -0.406. The van der Waals surface area contributed by atoms with Crippen molar-refractivity contribution in [1.29, 1.82) is 0 Å². The van der Waals surface area contributed by atoms with E-state index in [4.69, 9.17) is 9.84 Å². The molecule has 0 radical (unpaired) electrons. The highest BCUT2D eigenvalue weighted by molar-refractivity contribution is 5.68. The number of nitro benzene ring substituents is 1. The number of ether oxygens (including phenoxy) is 1. The van der Waals surface area contributed by atoms with Gasteiger partial charge in [0.15, 0.2) is 0 Å². The highest BCUT2D eigenvalue weighted by atomic mass is 16.6. The maximum absolute atomic E-state index is 10.8. The molecule has 0 spiro atoms. The van der Waals surface area contributed by atoms with Crippen LogP contribution in [0.4, 0.5) is 5.69 Å². The van der Waals surface area contributed by atoms with Gasteiger partial charge >= 0.3 is 5.97 Å². The second kappa shape index (κ2) is 5.26. The molecule has 1 aromatic carbocycles. The summed E-state index contributed by atoms with van der Waals surface area (Å²) < 4.78 is 4.82. The average molecular weight is 241 g/mol. The van der Waals surface area contributed by atoms with Crippen LogP contribution in [-0.4, -0.2) is 28.2 Å². The van der Waals surface area contributed by atoms with Gasteiger partial charge in [-0.25, -0.2) is 0 Å². The van der Waals surface area contributed by atoms with Crippen molar-refractivity contribution in [3.63, 3.8) is 0 Å². The zero-order valence-corrected chi connectivity index (χ0v) is 8.99. The summed E-state index contributed by atoms with van der Waals surface area (Å²) in [6.07, 6.45) is -2.01. The van der Waals surface area contributed by atoms with Gasteiger partial charge in [-0.15, -0.1) is 0 Å². The van der Waals surface area contributed by atoms with Gasteiger partial charge in [0.1, 0.15) is 5.75 Å². The van der Waals surface area contributed by atoms with E-state index in [0.29, 0.717) is 0 Å². The zero-order valence-electron chi connectivity index (χ0n) is 8.99. The molecule has 17 heavy (non-hydrogen) atoms. The Labute approximate surface area is 96.4 Å². The van der Waals surface area contributed by atoms with Crippen LogP contribution in [-0.2, 0) is 4.79 Å². The van der Waals surface area contributed by atoms with E-state index in [2.05, 4.69) is 0 Å². The van der Waals surface area contributed by atoms with Crippen molar-refractivity contribution in [1.82, 2.24) is 0 Å². The normalized spacial score (nSPS) is 11.9. The molecule has 0 amide bonds. The standard InChI is InChI=1S/C10H11NO6/c1-17-6-2-3-7(8(4-6)11(15)16)9(12)5-10(13)14/h2-4,9,12H,5H2,1H3,(H,13,14)/t9-/m1/s1. The van der Waals surface area contributed by atoms with E-state index in [1.807, 2.05) is 0 Å². The molecular formula is C10H11NO6. The Kier molecular flexibility index (Phi) is 4.00. The van der Waals surface area contributed by atoms with Crippen LogP contribution in [0.3, 0.4) is 0 Å². The summed E-state index contributed by atoms with van der Waals surface area (Å²) in [4.78, 5) is 20.5. The van der Waals surface area contributed by atoms with Gasteiger partial charge in [0.25, 0.3) is 5.69 Å². The Hall–Kier alpha value is -2.15. The van der Waals surface area contributed by atoms with E-state index in [1.165, 1.54) is 19.2 Å². The van der Waals surface area contributed by atoms with Gasteiger partial charge in [-0.2, -0.15) is 0 Å². The van der Waals surface area contributed by atoms with E-state index in [9.17, 15) is 20.0 Å². The van der Waals surface area contributed by atoms with Crippen molar-refractivity contribution >= 4 is 11.7 Å². The third-order valence-corrected chi connectivity index (χ3v) is 2.16. The predicted octanol–water partition coefficient (Wildman–Crippen LogP) is 1.11. The van der Waals surface area contributed by atoms with E-state index in [1.54, 1.807) is 0 Å². The summed E-state index contributed by atoms with van der Waals surface area (Å²) in [5, 5.41) is 28.9. The Balaban J connectivity index is 3.14. The lowest BCUT2D eigenvalue weighted by atomic mass is 10.0. The number of carbonyl (C=O) groups is 1. The molecule has 0 saturated heterocycles. The summed E-state index contributed by atoms with van der Waals surface area (Å²) in [5.74, 6) is -0.967. The predicted molar refractivity (Wildman–Crippen MR) is 56.9 cm³/mol. The first kappa shape index (κ1) is 12.9. The monoisotopic (exact) mass is 241 g/mol. The first-order valence-corrected chi connectivity index (χ1v) is 4.68. The number of nitro groups is 1. The highest BCUT2D eigenvalue weighted by Crippen LogP contribution is 2.30. The van der Waals surface area contributed by atoms with Crippen molar-refractivity contribution in [2.24, 2.45) is 0 Å². The number of carboxylic acid groups (broad SMARTS) is 1. The quantitative estimate of drug-likeness (QED) is 0.590. The summed E-state index contributed by atoms with van der Waals surface area (Å²) in [6.45, 7) is 0. The Bertz CT molecular complexity index is 444. The van der Waals surface area contributed by atoms with Crippen molar-refractivity contribution in [3.8, 4) is 5.75 Å². The van der Waals surface area contributed by atoms with E-state index >= 15 is 0 Å². The minimum atomic E-state index is -1.42. The van der Waals surface area contributed by atoms with Crippen LogP contribution in [0.2, 0.25) is 0 Å². The molecule has 0 aromatic heterocycles. The maximum Gasteiger partial charge on any atom is 0.306 e. The van der Waals surface area contributed by atoms with Crippen LogP contribution in [0.25, 0.3) is 0 Å². The second-order valence-electron chi connectivity index (χ2n) is 3.30. The Morgan fingerprint density at radius 1 is 1.59 bits per heavy atom. The minimum absolute atomic E-state index is 0.0433. The number of aliphatic hydroxyl groups is 1. The Morgan fingerprint density at radius 2 is 2.24 bits per heavy atom. The summed E-state index contributed by atoms with van der Waals surface area (Å²) in [7, 11) is 1.35. The van der Waals surface area contributed by atoms with E-state index in [0.717, 1.165) is 6.07 Å². The van der Waals surface area contributed by atoms with E-state index in [-0.39, 0.29) is 17.0 Å². The lowest BCUT2D eigenvalue weighted by Crippen LogP contribution is -2.08. The molecule has 0 saturated carbocycles. The van der Waals surface area contributed by atoms with Gasteiger partial charge in [0.05, 0.1) is 36.2 Å². The number of aliphatic carboxylic acids is 1. The topological polar surface area (TPSA) is 110 Å². The molecule has 0 aliphatic rings. The van der Waals surface area contributed by atoms with Crippen molar-refractivity contribution in [2.45, 2.75) is 12.5 Å². The van der Waals surface area contributed by atoms with Crippen LogP contribution in [0.15, 0.2) is 18.2 Å². The molecule has 7 nitrogen and oxygen atoms in total. The molecule has 1 atom stereocenters. The van der Waals surface area contributed by atoms with Crippen LogP contribution in [0, 0.1) is 10.1 Å². The third kappa shape index (κ3) is 3.15. The highest BCUT2D eigenvalue weighted by Gasteiger charge is 2.23. The molecule has 0 heterocycles. The molecular weight excluding hydrogens is 230 g/mol. The van der Waals surface area contributed by atoms with Gasteiger partial charge in [0, 0.05) is 0 Å². The number of hydrogen-bond donors (Lipinski definition) is 2. The summed E-state index contributed by atoms with van der Waals surface area (Å²) >= 11 is 0. The molecule has 1 rings (SSSR count). The molecule has 92 valence electrons. The fourth-order valence-electron chi connectivity index (χ4n) is 1.37. The molecule has 0 bridgehead atoms. The molecule has 7 heteroatoms. The van der Waals surface area contributed by atoms with Gasteiger partial charge < -0.3 is 14.9 Å². The number of aliphatic hydroxyl groups excluding tert-OH is 1. The molecule has 1 aromatic rings. The molecule has 2 N–H and O–H groups in total. The van der Waals surface area contributed by atoms with Crippen molar-refractivity contribution < 1.29 is 24.7 Å². The van der Waals surface area contributed by atoms with E-state index < -0.39 is 23.4 Å². The lowest BCUT2D eigenvalue weighted by Gasteiger charge is -2.09. The second-order valence-corrected chi connectivity index (χ2v) is 3.30. The van der Waals surface area contributed by atoms with Gasteiger partial charge in [0.2, 0.25) is 0 Å². The van der Waals surface area contributed by atoms with Gasteiger partial charge in [-0.05, 0) is 12.1 Å². The van der Waals surface area contributed by atoms with Crippen molar-refractivity contribution in [2.75, 3.05) is 7.11 Å². The molecule has 0 unspecified atom stereocenters. The zero-order chi connectivity index (χ0) is 13.0. The smallest absolute Gasteiger partial charge is 0.306 e. The minimum Gasteiger partial charge on any atom is -0.497 e. The Morgan fingerprint density at radius 3 is 2.71 bits per heavy atom. The van der Waals surface area contributed by atoms with Crippen molar-refractivity contribution in [3.05, 3.63) is 33.9 Å². The van der Waals surface area contributed by atoms with Crippen LogP contribution < -0.4 is 4.74 Å². The van der Waals surface area contributed by atoms with Crippen LogP contribution in [0.1, 0.15) is 18.1 Å². The fourth-order valence-corrected chi connectivity index (χ4v) is 1.37. The number of methoxy groups -OCH3 is 1. The molecule has 0 fully saturated rings. The number of benzene rings is 1. The first-order valence-electron chi connectivity index (χ1n) is 4.68. The average Bonchev–Trinajstić information content (AvgIpc) is 2.27. The van der Waals surface area contributed by atoms with Gasteiger partial charge in [-0.3, -0.25) is 14.9 Å². The van der Waals surface area contributed by atoms with Crippen LogP contribution >= 0.6 is 0 Å².